The van der Waals surface area contributed by atoms with E-state index in [4.69, 9.17) is 19.9 Å². The van der Waals surface area contributed by atoms with E-state index in [0.717, 1.165) is 128 Å². The highest BCUT2D eigenvalue weighted by molar-refractivity contribution is 6.27. The van der Waals surface area contributed by atoms with Crippen molar-refractivity contribution < 1.29 is 0 Å². The van der Waals surface area contributed by atoms with Crippen molar-refractivity contribution in [3.8, 4) is 68.0 Å². The van der Waals surface area contributed by atoms with E-state index in [-0.39, 0.29) is 0 Å². The average Bonchev–Trinajstić information content (AvgIpc) is 1.55. The van der Waals surface area contributed by atoms with Crippen LogP contribution >= 0.6 is 0 Å². The largest absolute Gasteiger partial charge is 0.309 e. The molecule has 0 fully saturated rings. The number of hydrogen-bond acceptors (Lipinski definition) is 4. The van der Waals surface area contributed by atoms with E-state index in [1.165, 1.54) is 54.0 Å². The predicted octanol–water partition coefficient (Wildman–Crippen LogP) is 21.8. The Balaban J connectivity index is 0.752. The molecule has 20 rings (SSSR count). The third kappa shape index (κ3) is 7.87. The molecule has 94 heavy (non-hydrogen) atoms. The van der Waals surface area contributed by atoms with Gasteiger partial charge in [-0.25, -0.2) is 15.0 Å². The Bertz CT molecular complexity index is 6460. The highest BCUT2D eigenvalue weighted by Crippen LogP contribution is 2.46. The number of para-hydroxylation sites is 4. The molecule has 8 nitrogen and oxygen atoms in total. The minimum absolute atomic E-state index is 0.617. The third-order valence-corrected chi connectivity index (χ3v) is 19.4. The first kappa shape index (κ1) is 52.0. The van der Waals surface area contributed by atoms with Gasteiger partial charge in [-0.1, -0.05) is 200 Å². The van der Waals surface area contributed by atoms with Gasteiger partial charge in [-0.15, -0.1) is 0 Å². The number of fused-ring (bicyclic) bond motifs is 17. The van der Waals surface area contributed by atoms with Crippen LogP contribution in [-0.4, -0.2) is 38.2 Å². The molecule has 0 spiro atoms. The summed E-state index contributed by atoms with van der Waals surface area (Å²) in [5, 5.41) is 15.2. The van der Waals surface area contributed by atoms with Crippen LogP contribution in [-0.2, 0) is 0 Å². The molecule has 8 heteroatoms. The lowest BCUT2D eigenvalue weighted by Crippen LogP contribution is -2.04. The minimum atomic E-state index is 0.617. The minimum Gasteiger partial charge on any atom is -0.309 e. The lowest BCUT2D eigenvalue weighted by Gasteiger charge is -2.14. The van der Waals surface area contributed by atoms with E-state index in [1.807, 2.05) is 24.4 Å². The van der Waals surface area contributed by atoms with Crippen LogP contribution in [0.25, 0.3) is 188 Å². The molecule has 0 aliphatic rings. The van der Waals surface area contributed by atoms with Gasteiger partial charge in [0.15, 0.2) is 0 Å². The summed E-state index contributed by atoms with van der Waals surface area (Å²) in [6.45, 7) is 0. The zero-order valence-electron chi connectivity index (χ0n) is 50.6. The molecule has 0 N–H and O–H groups in total. The van der Waals surface area contributed by atoms with E-state index in [2.05, 4.69) is 309 Å². The smallest absolute Gasteiger partial charge is 0.235 e. The molecule has 0 saturated heterocycles. The second-order valence-corrected chi connectivity index (χ2v) is 24.5. The standard InChI is InChI=1S/C86H52N8/c1-5-22-54(23-6-1)71-49-72(55-24-7-2-8-25-55)89-86(88-71)94-75-37-18-16-34-65(75)68-48-70-81(52-79(68)94)92(61-30-11-4-12-31-61)77-43-40-58-45-57(38-41-63(58)84(70)77)56-26-19-27-59(46-56)85-66-35-20-44-87-73(66)50-82(90-85)93-74-36-17-15-33-64(74)67-47-69-80(51-78(67)93)91(60-28-9-3-10-29-60)76-42-39-53-21-13-14-32-62(53)83(69)76/h1-52H. The molecule has 0 radical (unpaired) electrons. The quantitative estimate of drug-likeness (QED) is 0.152. The van der Waals surface area contributed by atoms with Crippen molar-refractivity contribution in [1.82, 2.24) is 38.2 Å². The summed E-state index contributed by atoms with van der Waals surface area (Å²) in [5.74, 6) is 1.42. The second kappa shape index (κ2) is 20.4. The van der Waals surface area contributed by atoms with Crippen LogP contribution in [0.4, 0.5) is 0 Å². The summed E-state index contributed by atoms with van der Waals surface area (Å²) in [7, 11) is 0. The van der Waals surface area contributed by atoms with Gasteiger partial charge in [-0.05, 0) is 136 Å². The van der Waals surface area contributed by atoms with Crippen LogP contribution in [0, 0.1) is 0 Å². The molecule has 20 aromatic rings. The van der Waals surface area contributed by atoms with Crippen molar-refractivity contribution in [2.24, 2.45) is 0 Å². The molecular formula is C86H52N8. The van der Waals surface area contributed by atoms with Gasteiger partial charge >= 0.3 is 0 Å². The number of pyridine rings is 2. The van der Waals surface area contributed by atoms with Gasteiger partial charge in [-0.3, -0.25) is 14.1 Å². The Kier molecular flexibility index (Phi) is 11.3. The summed E-state index contributed by atoms with van der Waals surface area (Å²) >= 11 is 0. The first-order valence-electron chi connectivity index (χ1n) is 31.9. The maximum absolute atomic E-state index is 5.73. The molecule has 0 unspecified atom stereocenters. The normalized spacial score (nSPS) is 12.0. The van der Waals surface area contributed by atoms with Crippen molar-refractivity contribution in [3.05, 3.63) is 316 Å². The molecule has 7 aromatic heterocycles. The van der Waals surface area contributed by atoms with Crippen molar-refractivity contribution in [2.45, 2.75) is 0 Å². The molecule has 0 saturated carbocycles. The molecular weight excluding hydrogens is 1150 g/mol. The lowest BCUT2D eigenvalue weighted by molar-refractivity contribution is 0.995. The summed E-state index contributed by atoms with van der Waals surface area (Å²) in [6, 6.07) is 111. The molecule has 0 aliphatic carbocycles. The summed E-state index contributed by atoms with van der Waals surface area (Å²) < 4.78 is 9.45. The highest BCUT2D eigenvalue weighted by atomic mass is 15.2. The zero-order valence-corrected chi connectivity index (χ0v) is 50.6. The third-order valence-electron chi connectivity index (χ3n) is 19.4. The summed E-state index contributed by atoms with van der Waals surface area (Å²) in [5.41, 5.74) is 19.7. The van der Waals surface area contributed by atoms with Crippen LogP contribution in [0.2, 0.25) is 0 Å². The van der Waals surface area contributed by atoms with Gasteiger partial charge < -0.3 is 9.13 Å². The molecule has 0 bridgehead atoms. The predicted molar refractivity (Wildman–Crippen MR) is 389 cm³/mol. The van der Waals surface area contributed by atoms with Crippen LogP contribution in [0.1, 0.15) is 0 Å². The average molecular weight is 1200 g/mol. The molecule has 436 valence electrons. The first-order chi connectivity index (χ1) is 46.6. The van der Waals surface area contributed by atoms with Crippen LogP contribution < -0.4 is 0 Å². The monoisotopic (exact) mass is 1200 g/mol. The van der Waals surface area contributed by atoms with E-state index in [9.17, 15) is 0 Å². The number of hydrogen-bond donors (Lipinski definition) is 0. The summed E-state index contributed by atoms with van der Waals surface area (Å²) in [6.07, 6.45) is 1.89. The van der Waals surface area contributed by atoms with Crippen LogP contribution in [0.5, 0.6) is 0 Å². The van der Waals surface area contributed by atoms with E-state index < -0.39 is 0 Å². The summed E-state index contributed by atoms with van der Waals surface area (Å²) in [4.78, 5) is 21.6. The van der Waals surface area contributed by atoms with Gasteiger partial charge in [0, 0.05) is 88.8 Å². The number of rotatable bonds is 8. The molecule has 0 atom stereocenters. The van der Waals surface area contributed by atoms with Crippen molar-refractivity contribution in [1.29, 1.82) is 0 Å². The maximum Gasteiger partial charge on any atom is 0.235 e. The molecule has 0 amide bonds. The highest BCUT2D eigenvalue weighted by Gasteiger charge is 2.25. The van der Waals surface area contributed by atoms with Crippen molar-refractivity contribution in [2.75, 3.05) is 0 Å². The molecule has 13 aromatic carbocycles. The van der Waals surface area contributed by atoms with Crippen molar-refractivity contribution >= 4 is 120 Å². The van der Waals surface area contributed by atoms with Gasteiger partial charge in [-0.2, -0.15) is 0 Å². The van der Waals surface area contributed by atoms with Crippen molar-refractivity contribution in [3.63, 3.8) is 0 Å². The number of benzene rings is 13. The van der Waals surface area contributed by atoms with E-state index in [0.29, 0.717) is 5.95 Å². The van der Waals surface area contributed by atoms with Gasteiger partial charge in [0.1, 0.15) is 5.82 Å². The Morgan fingerprint density at radius 2 is 0.723 bits per heavy atom. The molecule has 0 aliphatic heterocycles. The van der Waals surface area contributed by atoms with E-state index >= 15 is 0 Å². The number of aromatic nitrogens is 8. The zero-order chi connectivity index (χ0) is 61.5. The van der Waals surface area contributed by atoms with Gasteiger partial charge in [0.05, 0.1) is 66.7 Å². The van der Waals surface area contributed by atoms with Crippen LogP contribution in [0.15, 0.2) is 316 Å². The fourth-order valence-corrected chi connectivity index (χ4v) is 15.2. The van der Waals surface area contributed by atoms with Gasteiger partial charge in [0.25, 0.3) is 0 Å². The second-order valence-electron chi connectivity index (χ2n) is 24.5. The fourth-order valence-electron chi connectivity index (χ4n) is 15.2. The first-order valence-corrected chi connectivity index (χ1v) is 31.9. The molecule has 7 heterocycles. The van der Waals surface area contributed by atoms with Crippen LogP contribution in [0.3, 0.4) is 0 Å². The van der Waals surface area contributed by atoms with Gasteiger partial charge in [0.2, 0.25) is 5.95 Å². The maximum atomic E-state index is 5.73. The Hall–Kier alpha value is -12.8. The SMILES string of the molecule is c1ccc(-c2cc(-c3ccccc3)nc(-n3c4ccccc4c4cc5c6c7ccc(-c8cccc(-c9nc(-n%10c%11ccccc%11c%11cc%12c%13c%14ccccc%14ccc%13n(-c%13ccccc%13)c%12cc%11%10)cc%10ncccc9%10)c8)cc7ccc6n(-c6ccccc6)c5cc43)n2)cc1. The lowest BCUT2D eigenvalue weighted by atomic mass is 9.96. The Morgan fingerprint density at radius 1 is 0.234 bits per heavy atom. The topological polar surface area (TPSA) is 71.3 Å². The van der Waals surface area contributed by atoms with E-state index in [1.54, 1.807) is 0 Å². The fraction of sp³-hybridized carbons (Fsp3) is 0. The number of nitrogens with zero attached hydrogens (tertiary/aromatic N) is 8. The Morgan fingerprint density at radius 3 is 1.36 bits per heavy atom. The Labute approximate surface area is 538 Å².